The van der Waals surface area contributed by atoms with Crippen molar-refractivity contribution < 1.29 is 4.74 Å². The third-order valence-corrected chi connectivity index (χ3v) is 2.75. The largest absolute Gasteiger partial charge is 0.380 e. The lowest BCUT2D eigenvalue weighted by atomic mass is 10.2. The summed E-state index contributed by atoms with van der Waals surface area (Å²) in [7, 11) is 1.73. The molecule has 0 saturated carbocycles. The summed E-state index contributed by atoms with van der Waals surface area (Å²) in [5.41, 5.74) is 2.71. The van der Waals surface area contributed by atoms with Gasteiger partial charge in [0.15, 0.2) is 0 Å². The molecule has 0 aliphatic carbocycles. The lowest BCUT2D eigenvalue weighted by molar-refractivity contribution is 0.184. The zero-order valence-electron chi connectivity index (χ0n) is 6.60. The second-order valence-corrected chi connectivity index (χ2v) is 3.46. The Morgan fingerprint density at radius 2 is 2.20 bits per heavy atom. The molecular weight excluding hydrogens is 144 g/mol. The van der Waals surface area contributed by atoms with Crippen molar-refractivity contribution in [2.45, 2.75) is 20.5 Å². The van der Waals surface area contributed by atoms with E-state index < -0.39 is 0 Å². The van der Waals surface area contributed by atoms with E-state index in [0.29, 0.717) is 0 Å². The number of aryl methyl sites for hydroxylation is 1. The van der Waals surface area contributed by atoms with Gasteiger partial charge in [-0.25, -0.2) is 0 Å². The fraction of sp³-hybridized carbons (Fsp3) is 0.500. The van der Waals surface area contributed by atoms with Crippen LogP contribution in [0.2, 0.25) is 0 Å². The average Bonchev–Trinajstić information content (AvgIpc) is 2.20. The van der Waals surface area contributed by atoms with Crippen LogP contribution in [0.3, 0.4) is 0 Å². The van der Waals surface area contributed by atoms with Crippen molar-refractivity contribution >= 4 is 11.3 Å². The molecule has 0 saturated heterocycles. The Hall–Kier alpha value is -0.340. The first-order chi connectivity index (χ1) is 4.75. The average molecular weight is 156 g/mol. The molecule has 0 unspecified atom stereocenters. The molecule has 1 rings (SSSR count). The number of ether oxygens (including phenoxy) is 1. The molecule has 10 heavy (non-hydrogen) atoms. The number of methoxy groups -OCH3 is 1. The molecule has 56 valence electrons. The summed E-state index contributed by atoms with van der Waals surface area (Å²) in [4.78, 5) is 1.40. The van der Waals surface area contributed by atoms with Crippen LogP contribution in [0, 0.1) is 13.8 Å². The highest BCUT2D eigenvalue weighted by molar-refractivity contribution is 7.10. The smallest absolute Gasteiger partial charge is 0.0723 e. The first kappa shape index (κ1) is 7.76. The van der Waals surface area contributed by atoms with Crippen molar-refractivity contribution in [3.8, 4) is 0 Å². The predicted molar refractivity (Wildman–Crippen MR) is 44.5 cm³/mol. The van der Waals surface area contributed by atoms with Crippen LogP contribution < -0.4 is 0 Å². The van der Waals surface area contributed by atoms with Crippen molar-refractivity contribution in [1.29, 1.82) is 0 Å². The molecule has 0 amide bonds. The SMILES string of the molecule is COCc1csc(C)c1C. The van der Waals surface area contributed by atoms with Crippen molar-refractivity contribution in [2.24, 2.45) is 0 Å². The topological polar surface area (TPSA) is 9.23 Å². The molecule has 1 aromatic rings. The molecule has 1 heterocycles. The highest BCUT2D eigenvalue weighted by Crippen LogP contribution is 2.20. The van der Waals surface area contributed by atoms with Gasteiger partial charge in [-0.15, -0.1) is 11.3 Å². The van der Waals surface area contributed by atoms with Gasteiger partial charge in [-0.1, -0.05) is 0 Å². The van der Waals surface area contributed by atoms with E-state index in [0.717, 1.165) is 6.61 Å². The molecule has 0 bridgehead atoms. The third kappa shape index (κ3) is 1.39. The van der Waals surface area contributed by atoms with E-state index in [4.69, 9.17) is 4.74 Å². The van der Waals surface area contributed by atoms with Gasteiger partial charge in [-0.2, -0.15) is 0 Å². The Bertz CT molecular complexity index is 215. The van der Waals surface area contributed by atoms with Crippen LogP contribution in [0.1, 0.15) is 16.0 Å². The van der Waals surface area contributed by atoms with E-state index in [1.807, 2.05) is 0 Å². The van der Waals surface area contributed by atoms with E-state index in [9.17, 15) is 0 Å². The number of hydrogen-bond donors (Lipinski definition) is 0. The Morgan fingerprint density at radius 1 is 1.50 bits per heavy atom. The summed E-state index contributed by atoms with van der Waals surface area (Å²) < 4.78 is 5.03. The zero-order chi connectivity index (χ0) is 7.56. The molecule has 0 aromatic carbocycles. The van der Waals surface area contributed by atoms with Gasteiger partial charge < -0.3 is 4.74 Å². The second kappa shape index (κ2) is 3.17. The van der Waals surface area contributed by atoms with Gasteiger partial charge >= 0.3 is 0 Å². The second-order valence-electron chi connectivity index (χ2n) is 2.38. The number of hydrogen-bond acceptors (Lipinski definition) is 2. The van der Waals surface area contributed by atoms with Gasteiger partial charge in [-0.3, -0.25) is 0 Å². The summed E-state index contributed by atoms with van der Waals surface area (Å²) in [6.07, 6.45) is 0. The summed E-state index contributed by atoms with van der Waals surface area (Å²) in [5, 5.41) is 2.16. The fourth-order valence-corrected chi connectivity index (χ4v) is 1.73. The van der Waals surface area contributed by atoms with Gasteiger partial charge in [-0.05, 0) is 30.4 Å². The minimum atomic E-state index is 0.746. The molecule has 0 aliphatic rings. The maximum absolute atomic E-state index is 5.03. The normalized spacial score (nSPS) is 10.3. The lowest BCUT2D eigenvalue weighted by Crippen LogP contribution is -1.86. The Balaban J connectivity index is 2.83. The minimum Gasteiger partial charge on any atom is -0.380 e. The van der Waals surface area contributed by atoms with Gasteiger partial charge in [0, 0.05) is 12.0 Å². The van der Waals surface area contributed by atoms with Crippen LogP contribution in [0.25, 0.3) is 0 Å². The molecule has 0 radical (unpaired) electrons. The van der Waals surface area contributed by atoms with E-state index in [1.165, 1.54) is 16.0 Å². The predicted octanol–water partition coefficient (Wildman–Crippen LogP) is 2.51. The standard InChI is InChI=1S/C8H12OS/c1-6-7(2)10-5-8(6)4-9-3/h5H,4H2,1-3H3. The molecule has 0 atom stereocenters. The van der Waals surface area contributed by atoms with Crippen molar-refractivity contribution in [1.82, 2.24) is 0 Å². The first-order valence-corrected chi connectivity index (χ1v) is 4.16. The monoisotopic (exact) mass is 156 g/mol. The van der Waals surface area contributed by atoms with Crippen LogP contribution in [0.4, 0.5) is 0 Å². The number of rotatable bonds is 2. The molecule has 0 N–H and O–H groups in total. The van der Waals surface area contributed by atoms with E-state index in [1.54, 1.807) is 18.4 Å². The van der Waals surface area contributed by atoms with E-state index in [-0.39, 0.29) is 0 Å². The van der Waals surface area contributed by atoms with Crippen LogP contribution in [-0.2, 0) is 11.3 Å². The number of thiophene rings is 1. The van der Waals surface area contributed by atoms with Gasteiger partial charge in [0.25, 0.3) is 0 Å². The van der Waals surface area contributed by atoms with E-state index >= 15 is 0 Å². The fourth-order valence-electron chi connectivity index (χ4n) is 0.860. The van der Waals surface area contributed by atoms with Crippen molar-refractivity contribution in [3.05, 3.63) is 21.4 Å². The molecule has 2 heteroatoms. The molecular formula is C8H12OS. The van der Waals surface area contributed by atoms with Crippen LogP contribution in [0.15, 0.2) is 5.38 Å². The van der Waals surface area contributed by atoms with Crippen LogP contribution >= 0.6 is 11.3 Å². The zero-order valence-corrected chi connectivity index (χ0v) is 7.42. The summed E-state index contributed by atoms with van der Waals surface area (Å²) >= 11 is 1.79. The molecule has 1 nitrogen and oxygen atoms in total. The lowest BCUT2D eigenvalue weighted by Gasteiger charge is -1.96. The van der Waals surface area contributed by atoms with Crippen LogP contribution in [0.5, 0.6) is 0 Å². The Kier molecular flexibility index (Phi) is 2.46. The van der Waals surface area contributed by atoms with E-state index in [2.05, 4.69) is 19.2 Å². The quantitative estimate of drug-likeness (QED) is 0.639. The van der Waals surface area contributed by atoms with Crippen LogP contribution in [-0.4, -0.2) is 7.11 Å². The molecule has 0 aliphatic heterocycles. The van der Waals surface area contributed by atoms with Crippen molar-refractivity contribution in [2.75, 3.05) is 7.11 Å². The highest BCUT2D eigenvalue weighted by Gasteiger charge is 2.01. The molecule has 1 aromatic heterocycles. The summed E-state index contributed by atoms with van der Waals surface area (Å²) in [6, 6.07) is 0. The van der Waals surface area contributed by atoms with Crippen molar-refractivity contribution in [3.63, 3.8) is 0 Å². The van der Waals surface area contributed by atoms with Gasteiger partial charge in [0.05, 0.1) is 6.61 Å². The highest BCUT2D eigenvalue weighted by atomic mass is 32.1. The Morgan fingerprint density at radius 3 is 2.60 bits per heavy atom. The summed E-state index contributed by atoms with van der Waals surface area (Å²) in [6.45, 7) is 5.02. The third-order valence-electron chi connectivity index (χ3n) is 1.69. The Labute approximate surface area is 65.6 Å². The van der Waals surface area contributed by atoms with Gasteiger partial charge in [0.2, 0.25) is 0 Å². The molecule has 0 spiro atoms. The first-order valence-electron chi connectivity index (χ1n) is 3.28. The molecule has 0 fully saturated rings. The maximum Gasteiger partial charge on any atom is 0.0723 e. The summed E-state index contributed by atoms with van der Waals surface area (Å²) in [5.74, 6) is 0. The minimum absolute atomic E-state index is 0.746. The van der Waals surface area contributed by atoms with Gasteiger partial charge in [0.1, 0.15) is 0 Å². The maximum atomic E-state index is 5.03.